The summed E-state index contributed by atoms with van der Waals surface area (Å²) in [4.78, 5) is 14.7. The van der Waals surface area contributed by atoms with Crippen molar-refractivity contribution in [3.05, 3.63) is 53.6 Å². The molecule has 0 amide bonds. The third-order valence-electron chi connectivity index (χ3n) is 4.04. The Bertz CT molecular complexity index is 667. The Hall–Kier alpha value is -1.74. The molecule has 0 aliphatic carbocycles. The van der Waals surface area contributed by atoms with Gasteiger partial charge in [-0.3, -0.25) is 4.79 Å². The van der Waals surface area contributed by atoms with Crippen LogP contribution in [0.3, 0.4) is 0 Å². The molecule has 23 heavy (non-hydrogen) atoms. The van der Waals surface area contributed by atoms with E-state index in [4.69, 9.17) is 4.74 Å². The molecule has 0 bridgehead atoms. The molecule has 0 unspecified atom stereocenters. The molecule has 0 spiro atoms. The van der Waals surface area contributed by atoms with E-state index >= 15 is 0 Å². The molecule has 0 N–H and O–H groups in total. The lowest BCUT2D eigenvalue weighted by molar-refractivity contribution is -0.144. The van der Waals surface area contributed by atoms with Gasteiger partial charge in [-0.1, -0.05) is 36.9 Å². The first-order valence-electron chi connectivity index (χ1n) is 7.90. The molecule has 122 valence electrons. The molecule has 0 atom stereocenters. The first-order valence-corrected chi connectivity index (χ1v) is 8.71. The average molecular weight is 328 g/mol. The Balaban J connectivity index is 2.22. The molecule has 2 nitrogen and oxygen atoms in total. The summed E-state index contributed by atoms with van der Waals surface area (Å²) in [6.45, 7) is 9.81. The zero-order chi connectivity index (χ0) is 17.0. The van der Waals surface area contributed by atoms with Crippen LogP contribution in [-0.4, -0.2) is 5.97 Å². The molecule has 0 saturated carbocycles. The third-order valence-corrected chi connectivity index (χ3v) is 5.02. The maximum absolute atomic E-state index is 12.3. The summed E-state index contributed by atoms with van der Waals surface area (Å²) in [7, 11) is 0. The molecule has 2 aromatic rings. The Kier molecular flexibility index (Phi) is 5.53. The van der Waals surface area contributed by atoms with E-state index in [1.165, 1.54) is 4.90 Å². The van der Waals surface area contributed by atoms with Gasteiger partial charge in [0.25, 0.3) is 0 Å². The zero-order valence-corrected chi connectivity index (χ0v) is 15.3. The van der Waals surface area contributed by atoms with Gasteiger partial charge in [-0.2, -0.15) is 0 Å². The van der Waals surface area contributed by atoms with E-state index in [1.807, 2.05) is 52.8 Å². The quantitative estimate of drug-likeness (QED) is 0.513. The molecule has 0 saturated heterocycles. The molecule has 0 aliphatic rings. The lowest BCUT2D eigenvalue weighted by Crippen LogP contribution is -2.28. The predicted molar refractivity (Wildman–Crippen MR) is 96.2 cm³/mol. The first kappa shape index (κ1) is 17.6. The van der Waals surface area contributed by atoms with Crippen LogP contribution in [0.15, 0.2) is 52.3 Å². The van der Waals surface area contributed by atoms with Crippen molar-refractivity contribution in [3.63, 3.8) is 0 Å². The van der Waals surface area contributed by atoms with Crippen molar-refractivity contribution in [1.82, 2.24) is 0 Å². The normalized spacial score (nSPS) is 11.3. The van der Waals surface area contributed by atoms with Crippen molar-refractivity contribution in [2.75, 3.05) is 0 Å². The summed E-state index contributed by atoms with van der Waals surface area (Å²) in [6.07, 6.45) is 0.756. The second-order valence-corrected chi connectivity index (χ2v) is 7.58. The van der Waals surface area contributed by atoms with Gasteiger partial charge in [0.05, 0.1) is 5.41 Å². The van der Waals surface area contributed by atoms with Crippen molar-refractivity contribution in [1.29, 1.82) is 0 Å². The number of ether oxygens (including phenoxy) is 1. The molecule has 0 heterocycles. The standard InChI is InChI=1S/C20H24O2S/c1-6-20(4,5)19(21)22-18-14(2)12-17(13-15(18)3)23-16-10-8-7-9-11-16/h7-13H,6H2,1-5H3. The molecule has 2 rings (SSSR count). The van der Waals surface area contributed by atoms with Gasteiger partial charge in [0.2, 0.25) is 0 Å². The molecule has 0 aromatic heterocycles. The number of hydrogen-bond donors (Lipinski definition) is 0. The summed E-state index contributed by atoms with van der Waals surface area (Å²) < 4.78 is 5.69. The largest absolute Gasteiger partial charge is 0.426 e. The average Bonchev–Trinajstić information content (AvgIpc) is 2.51. The highest BCUT2D eigenvalue weighted by Gasteiger charge is 2.28. The minimum absolute atomic E-state index is 0.172. The first-order chi connectivity index (χ1) is 10.8. The van der Waals surface area contributed by atoms with E-state index < -0.39 is 5.41 Å². The van der Waals surface area contributed by atoms with Crippen LogP contribution in [0.1, 0.15) is 38.3 Å². The van der Waals surface area contributed by atoms with Crippen LogP contribution in [-0.2, 0) is 4.79 Å². The monoisotopic (exact) mass is 328 g/mol. The van der Waals surface area contributed by atoms with E-state index in [0.717, 1.165) is 22.4 Å². The maximum Gasteiger partial charge on any atom is 0.316 e. The maximum atomic E-state index is 12.3. The fourth-order valence-corrected chi connectivity index (χ4v) is 3.17. The van der Waals surface area contributed by atoms with E-state index in [9.17, 15) is 4.79 Å². The highest BCUT2D eigenvalue weighted by atomic mass is 32.2. The molecule has 0 radical (unpaired) electrons. The Morgan fingerprint density at radius 1 is 1.04 bits per heavy atom. The zero-order valence-electron chi connectivity index (χ0n) is 14.5. The number of esters is 1. The SMILES string of the molecule is CCC(C)(C)C(=O)Oc1c(C)cc(Sc2ccccc2)cc1C. The number of carbonyl (C=O) groups is 1. The predicted octanol–water partition coefficient (Wildman–Crippen LogP) is 5.80. The van der Waals surface area contributed by atoms with Gasteiger partial charge >= 0.3 is 5.97 Å². The fourth-order valence-electron chi connectivity index (χ4n) is 2.13. The van der Waals surface area contributed by atoms with E-state index in [-0.39, 0.29) is 5.97 Å². The summed E-state index contributed by atoms with van der Waals surface area (Å²) in [5, 5.41) is 0. The molecule has 3 heteroatoms. The van der Waals surface area contributed by atoms with Gasteiger partial charge in [0.1, 0.15) is 5.75 Å². The van der Waals surface area contributed by atoms with Crippen molar-refractivity contribution in [2.24, 2.45) is 5.41 Å². The fraction of sp³-hybridized carbons (Fsp3) is 0.350. The molecule has 2 aromatic carbocycles. The molecule has 0 fully saturated rings. The molecular formula is C20H24O2S. The number of aryl methyl sites for hydroxylation is 2. The van der Waals surface area contributed by atoms with Crippen LogP contribution >= 0.6 is 11.8 Å². The van der Waals surface area contributed by atoms with Crippen molar-refractivity contribution < 1.29 is 9.53 Å². The van der Waals surface area contributed by atoms with Crippen molar-refractivity contribution >= 4 is 17.7 Å². The van der Waals surface area contributed by atoms with Gasteiger partial charge in [-0.25, -0.2) is 0 Å². The van der Waals surface area contributed by atoms with Gasteiger partial charge in [-0.05, 0) is 69.5 Å². The van der Waals surface area contributed by atoms with Crippen LogP contribution < -0.4 is 4.74 Å². The smallest absolute Gasteiger partial charge is 0.316 e. The number of rotatable bonds is 5. The Morgan fingerprint density at radius 2 is 1.61 bits per heavy atom. The molecular weight excluding hydrogens is 304 g/mol. The van der Waals surface area contributed by atoms with Gasteiger partial charge in [-0.15, -0.1) is 0 Å². The van der Waals surface area contributed by atoms with Crippen molar-refractivity contribution in [3.8, 4) is 5.75 Å². The minimum atomic E-state index is -0.462. The summed E-state index contributed by atoms with van der Waals surface area (Å²) in [5.74, 6) is 0.517. The lowest BCUT2D eigenvalue weighted by atomic mass is 9.90. The minimum Gasteiger partial charge on any atom is -0.426 e. The van der Waals surface area contributed by atoms with Crippen LogP contribution in [0.5, 0.6) is 5.75 Å². The highest BCUT2D eigenvalue weighted by Crippen LogP contribution is 2.34. The van der Waals surface area contributed by atoms with Crippen LogP contribution in [0.25, 0.3) is 0 Å². The number of benzene rings is 2. The van der Waals surface area contributed by atoms with Crippen LogP contribution in [0, 0.1) is 19.3 Å². The van der Waals surface area contributed by atoms with Gasteiger partial charge in [0, 0.05) is 9.79 Å². The summed E-state index contributed by atoms with van der Waals surface area (Å²) in [5.41, 5.74) is 1.52. The summed E-state index contributed by atoms with van der Waals surface area (Å²) >= 11 is 1.71. The van der Waals surface area contributed by atoms with E-state index in [1.54, 1.807) is 11.8 Å². The molecule has 0 aliphatic heterocycles. The second kappa shape index (κ2) is 7.22. The Labute approximate surface area is 143 Å². The van der Waals surface area contributed by atoms with Crippen molar-refractivity contribution in [2.45, 2.75) is 50.8 Å². The highest BCUT2D eigenvalue weighted by molar-refractivity contribution is 7.99. The lowest BCUT2D eigenvalue weighted by Gasteiger charge is -2.22. The van der Waals surface area contributed by atoms with Crippen LogP contribution in [0.2, 0.25) is 0 Å². The van der Waals surface area contributed by atoms with Crippen LogP contribution in [0.4, 0.5) is 0 Å². The second-order valence-electron chi connectivity index (χ2n) is 6.43. The third kappa shape index (κ3) is 4.38. The number of carbonyl (C=O) groups excluding carboxylic acids is 1. The summed E-state index contributed by atoms with van der Waals surface area (Å²) in [6, 6.07) is 14.4. The van der Waals surface area contributed by atoms with Gasteiger partial charge < -0.3 is 4.74 Å². The topological polar surface area (TPSA) is 26.3 Å². The van der Waals surface area contributed by atoms with Gasteiger partial charge in [0.15, 0.2) is 0 Å². The Morgan fingerprint density at radius 3 is 2.13 bits per heavy atom. The van der Waals surface area contributed by atoms with E-state index in [2.05, 4.69) is 24.3 Å². The van der Waals surface area contributed by atoms with E-state index in [0.29, 0.717) is 5.75 Å². The number of hydrogen-bond acceptors (Lipinski definition) is 3.